The molecular formula is C23H39N7O5. The van der Waals surface area contributed by atoms with Gasteiger partial charge in [0.25, 0.3) is 0 Å². The lowest BCUT2D eigenvalue weighted by molar-refractivity contribution is -0.164. The van der Waals surface area contributed by atoms with Gasteiger partial charge < -0.3 is 30.9 Å². The van der Waals surface area contributed by atoms with Gasteiger partial charge in [0.05, 0.1) is 5.92 Å². The highest BCUT2D eigenvalue weighted by atomic mass is 16.6. The van der Waals surface area contributed by atoms with E-state index in [2.05, 4.69) is 4.99 Å². The van der Waals surface area contributed by atoms with Crippen LogP contribution in [0.2, 0.25) is 0 Å². The molecule has 0 radical (unpaired) electrons. The maximum atomic E-state index is 13.4. The average Bonchev–Trinajstić information content (AvgIpc) is 2.81. The summed E-state index contributed by atoms with van der Waals surface area (Å²) in [5.74, 6) is -1.10. The van der Waals surface area contributed by atoms with Gasteiger partial charge in [-0.2, -0.15) is 0 Å². The minimum absolute atomic E-state index is 0.0202. The van der Waals surface area contributed by atoms with E-state index in [-0.39, 0.29) is 30.9 Å². The Morgan fingerprint density at radius 1 is 0.943 bits per heavy atom. The van der Waals surface area contributed by atoms with Crippen molar-refractivity contribution in [2.75, 3.05) is 45.8 Å². The zero-order chi connectivity index (χ0) is 25.8. The van der Waals surface area contributed by atoms with Crippen molar-refractivity contribution < 1.29 is 23.9 Å². The van der Waals surface area contributed by atoms with Gasteiger partial charge in [-0.15, -0.1) is 0 Å². The highest BCUT2D eigenvalue weighted by Crippen LogP contribution is 2.34. The molecule has 3 fully saturated rings. The molecule has 0 aromatic heterocycles. The second kappa shape index (κ2) is 11.1. The van der Waals surface area contributed by atoms with Gasteiger partial charge in [0.15, 0.2) is 5.96 Å². The van der Waals surface area contributed by atoms with Crippen LogP contribution in [0.1, 0.15) is 52.9 Å². The molecule has 3 heterocycles. The molecule has 0 bridgehead atoms. The lowest BCUT2D eigenvalue weighted by Gasteiger charge is -2.49. The number of imide groups is 1. The Morgan fingerprint density at radius 3 is 2.11 bits per heavy atom. The monoisotopic (exact) mass is 493 g/mol. The normalized spacial score (nSPS) is 23.0. The quantitative estimate of drug-likeness (QED) is 0.245. The number of aliphatic imine (C=N–C) groups is 1. The number of nitrogens with two attached hydrogens (primary N) is 2. The number of urea groups is 1. The van der Waals surface area contributed by atoms with E-state index in [0.717, 1.165) is 24.2 Å². The highest BCUT2D eigenvalue weighted by Gasteiger charge is 2.56. The Morgan fingerprint density at radius 2 is 1.54 bits per heavy atom. The van der Waals surface area contributed by atoms with Crippen LogP contribution in [0.4, 0.5) is 9.59 Å². The van der Waals surface area contributed by atoms with Crippen LogP contribution in [-0.4, -0.2) is 107 Å². The number of hydrogen-bond donors (Lipinski definition) is 2. The smallest absolute Gasteiger partial charge is 0.410 e. The molecule has 0 spiro atoms. The van der Waals surface area contributed by atoms with Crippen molar-refractivity contribution in [3.8, 4) is 0 Å². The number of nitrogens with zero attached hydrogens (tertiary/aromatic N) is 5. The molecule has 196 valence electrons. The van der Waals surface area contributed by atoms with Crippen LogP contribution in [0.3, 0.4) is 0 Å². The van der Waals surface area contributed by atoms with E-state index in [1.165, 1.54) is 4.90 Å². The summed E-state index contributed by atoms with van der Waals surface area (Å²) in [6.45, 7) is 8.17. The number of carbonyl (C=O) groups is 4. The van der Waals surface area contributed by atoms with Crippen molar-refractivity contribution in [2.24, 2.45) is 22.4 Å². The molecule has 12 heteroatoms. The van der Waals surface area contributed by atoms with Crippen molar-refractivity contribution in [1.82, 2.24) is 19.6 Å². The van der Waals surface area contributed by atoms with Gasteiger partial charge in [-0.05, 0) is 52.9 Å². The zero-order valence-corrected chi connectivity index (χ0v) is 21.1. The average molecular weight is 494 g/mol. The molecule has 1 unspecified atom stereocenters. The van der Waals surface area contributed by atoms with E-state index in [1.807, 2.05) is 0 Å². The minimum Gasteiger partial charge on any atom is -0.444 e. The predicted octanol–water partition coefficient (Wildman–Crippen LogP) is 0.552. The Hall–Kier alpha value is -3.05. The van der Waals surface area contributed by atoms with E-state index in [1.54, 1.807) is 30.6 Å². The summed E-state index contributed by atoms with van der Waals surface area (Å²) in [6.07, 6.45) is 3.44. The van der Waals surface area contributed by atoms with Gasteiger partial charge in [0.1, 0.15) is 11.6 Å². The molecule has 4 N–H and O–H groups in total. The van der Waals surface area contributed by atoms with E-state index in [0.29, 0.717) is 45.6 Å². The largest absolute Gasteiger partial charge is 0.444 e. The van der Waals surface area contributed by atoms with Crippen LogP contribution in [-0.2, 0) is 14.3 Å². The molecule has 3 aliphatic rings. The molecule has 0 aromatic rings. The molecule has 0 aliphatic carbocycles. The summed E-state index contributed by atoms with van der Waals surface area (Å²) < 4.78 is 5.40. The van der Waals surface area contributed by atoms with Gasteiger partial charge in [-0.25, -0.2) is 9.59 Å². The van der Waals surface area contributed by atoms with Crippen LogP contribution in [0, 0.1) is 5.92 Å². The fourth-order valence-electron chi connectivity index (χ4n) is 4.71. The Kier molecular flexibility index (Phi) is 8.44. The minimum atomic E-state index is -0.809. The molecule has 12 nitrogen and oxygen atoms in total. The molecule has 5 amide bonds. The van der Waals surface area contributed by atoms with Gasteiger partial charge in [-0.3, -0.25) is 19.5 Å². The fourth-order valence-corrected chi connectivity index (χ4v) is 4.71. The first-order valence-electron chi connectivity index (χ1n) is 12.4. The van der Waals surface area contributed by atoms with Crippen LogP contribution < -0.4 is 11.5 Å². The number of guanidine groups is 1. The summed E-state index contributed by atoms with van der Waals surface area (Å²) in [6, 6.07) is -1.29. The summed E-state index contributed by atoms with van der Waals surface area (Å²) in [7, 11) is 0. The first-order valence-corrected chi connectivity index (χ1v) is 12.4. The number of amides is 5. The zero-order valence-electron chi connectivity index (χ0n) is 21.1. The Bertz CT molecular complexity index is 838. The van der Waals surface area contributed by atoms with Crippen molar-refractivity contribution >= 4 is 29.9 Å². The first kappa shape index (κ1) is 26.6. The van der Waals surface area contributed by atoms with Crippen molar-refractivity contribution in [1.29, 1.82) is 0 Å². The van der Waals surface area contributed by atoms with Crippen molar-refractivity contribution in [3.63, 3.8) is 0 Å². The van der Waals surface area contributed by atoms with Crippen LogP contribution in [0.25, 0.3) is 0 Å². The number of ether oxygens (including phenoxy) is 1. The third-order valence-corrected chi connectivity index (χ3v) is 6.51. The van der Waals surface area contributed by atoms with Crippen LogP contribution in [0.15, 0.2) is 4.99 Å². The Balaban J connectivity index is 1.65. The van der Waals surface area contributed by atoms with Crippen molar-refractivity contribution in [2.45, 2.75) is 64.5 Å². The summed E-state index contributed by atoms with van der Waals surface area (Å²) in [5.41, 5.74) is 10.1. The van der Waals surface area contributed by atoms with E-state index >= 15 is 0 Å². The summed E-state index contributed by atoms with van der Waals surface area (Å²) in [4.78, 5) is 62.0. The molecule has 3 saturated heterocycles. The van der Waals surface area contributed by atoms with Crippen LogP contribution >= 0.6 is 0 Å². The number of piperazine rings is 1. The lowest BCUT2D eigenvalue weighted by Crippen LogP contribution is -2.71. The number of piperidine rings is 1. The van der Waals surface area contributed by atoms with Crippen molar-refractivity contribution in [3.05, 3.63) is 0 Å². The second-order valence-electron chi connectivity index (χ2n) is 10.3. The predicted molar refractivity (Wildman–Crippen MR) is 129 cm³/mol. The van der Waals surface area contributed by atoms with Gasteiger partial charge in [0.2, 0.25) is 11.8 Å². The Labute approximate surface area is 206 Å². The number of hydrogen-bond acceptors (Lipinski definition) is 6. The maximum Gasteiger partial charge on any atom is 0.410 e. The summed E-state index contributed by atoms with van der Waals surface area (Å²) in [5, 5.41) is 0. The number of carbonyl (C=O) groups excluding carboxylic acids is 4. The molecule has 0 saturated carbocycles. The molecule has 35 heavy (non-hydrogen) atoms. The first-order chi connectivity index (χ1) is 16.5. The van der Waals surface area contributed by atoms with Gasteiger partial charge in [-0.1, -0.05) is 0 Å². The SMILES string of the molecule is CC(C)(C)OC(=O)N1CCN(C(=O)N2C(=O)[C@H](CCCN=C(N)N)C2C(=O)N2CCCCC2)CC1. The number of β-lactam (4-membered cyclic amide) rings is 1. The number of rotatable bonds is 5. The second-order valence-corrected chi connectivity index (χ2v) is 10.3. The van der Waals surface area contributed by atoms with E-state index < -0.39 is 29.7 Å². The lowest BCUT2D eigenvalue weighted by atomic mass is 9.82. The van der Waals surface area contributed by atoms with Crippen LogP contribution in [0.5, 0.6) is 0 Å². The molecular weight excluding hydrogens is 454 g/mol. The van der Waals surface area contributed by atoms with Gasteiger partial charge >= 0.3 is 12.1 Å². The van der Waals surface area contributed by atoms with E-state index in [4.69, 9.17) is 16.2 Å². The van der Waals surface area contributed by atoms with Gasteiger partial charge in [0, 0.05) is 45.8 Å². The topological polar surface area (TPSA) is 155 Å². The maximum absolute atomic E-state index is 13.4. The highest BCUT2D eigenvalue weighted by molar-refractivity contribution is 6.09. The third-order valence-electron chi connectivity index (χ3n) is 6.51. The van der Waals surface area contributed by atoms with E-state index in [9.17, 15) is 19.2 Å². The molecule has 2 atom stereocenters. The molecule has 3 rings (SSSR count). The third kappa shape index (κ3) is 6.55. The standard InChI is InChI=1S/C23H39N7O5/c1-23(2,3)35-22(34)29-14-12-28(13-15-29)21(33)30-17(19(32)27-10-5-4-6-11-27)16(18(30)31)8-7-9-26-20(24)25/h16-17H,4-15H2,1-3H3,(H4,24,25,26)/t16-,17?/m1/s1. The molecule has 3 aliphatic heterocycles. The molecule has 0 aromatic carbocycles. The fraction of sp³-hybridized carbons (Fsp3) is 0.783. The number of likely N-dealkylation sites (tertiary alicyclic amines) is 2. The summed E-state index contributed by atoms with van der Waals surface area (Å²) >= 11 is 0.